The van der Waals surface area contributed by atoms with Crippen molar-refractivity contribution in [2.24, 2.45) is 0 Å². The summed E-state index contributed by atoms with van der Waals surface area (Å²) in [5, 5.41) is 12.6. The minimum Gasteiger partial charge on any atom is -0.507 e. The van der Waals surface area contributed by atoms with Crippen LogP contribution in [0, 0.1) is 6.92 Å². The number of carbonyl (C=O) groups excluding carboxylic acids is 1. The molecule has 0 aliphatic heterocycles. The molecule has 2 aromatic rings. The molecule has 0 aliphatic carbocycles. The zero-order valence-corrected chi connectivity index (χ0v) is 10.4. The maximum absolute atomic E-state index is 11.9. The van der Waals surface area contributed by atoms with Crippen molar-refractivity contribution in [3.05, 3.63) is 52.8 Å². The van der Waals surface area contributed by atoms with E-state index in [1.807, 2.05) is 0 Å². The van der Waals surface area contributed by atoms with Gasteiger partial charge in [0.2, 0.25) is 0 Å². The number of phenolic OH excluding ortho intramolecular Hbond substituents is 1. The molecular weight excluding hydrogens is 252 g/mol. The first-order valence-electron chi connectivity index (χ1n) is 5.30. The molecule has 92 valence electrons. The molecule has 18 heavy (non-hydrogen) atoms. The maximum atomic E-state index is 11.9. The van der Waals surface area contributed by atoms with Crippen LogP contribution in [0.5, 0.6) is 5.75 Å². The Hall–Kier alpha value is -2.07. The number of pyridine rings is 1. The summed E-state index contributed by atoms with van der Waals surface area (Å²) in [5.74, 6) is -0.449. The normalized spacial score (nSPS) is 10.1. The molecule has 1 heterocycles. The highest BCUT2D eigenvalue weighted by molar-refractivity contribution is 6.29. The summed E-state index contributed by atoms with van der Waals surface area (Å²) in [7, 11) is 0. The number of hydrogen-bond acceptors (Lipinski definition) is 3. The predicted molar refractivity (Wildman–Crippen MR) is 70.0 cm³/mol. The van der Waals surface area contributed by atoms with Gasteiger partial charge < -0.3 is 10.4 Å². The summed E-state index contributed by atoms with van der Waals surface area (Å²) in [5.41, 5.74) is 1.39. The first kappa shape index (κ1) is 12.4. The predicted octanol–water partition coefficient (Wildman–Crippen LogP) is 3.00. The summed E-state index contributed by atoms with van der Waals surface area (Å²) in [4.78, 5) is 16.0. The fourth-order valence-corrected chi connectivity index (χ4v) is 1.71. The minimum atomic E-state index is -0.389. The number of carbonyl (C=O) groups is 1. The molecule has 0 saturated heterocycles. The zero-order chi connectivity index (χ0) is 13.1. The van der Waals surface area contributed by atoms with Gasteiger partial charge in [-0.2, -0.15) is 0 Å². The van der Waals surface area contributed by atoms with Gasteiger partial charge in [-0.25, -0.2) is 4.98 Å². The largest absolute Gasteiger partial charge is 0.507 e. The Bertz CT molecular complexity index is 599. The first-order chi connectivity index (χ1) is 8.58. The van der Waals surface area contributed by atoms with Gasteiger partial charge in [-0.15, -0.1) is 0 Å². The number of para-hydroxylation sites is 1. The van der Waals surface area contributed by atoms with Gasteiger partial charge in [0, 0.05) is 0 Å². The van der Waals surface area contributed by atoms with Crippen molar-refractivity contribution in [3.8, 4) is 5.75 Å². The van der Waals surface area contributed by atoms with Gasteiger partial charge in [-0.05, 0) is 31.2 Å². The Balaban J connectivity index is 2.24. The Morgan fingerprint density at radius 2 is 2.00 bits per heavy atom. The molecule has 1 aromatic carbocycles. The van der Waals surface area contributed by atoms with Crippen molar-refractivity contribution >= 4 is 23.2 Å². The first-order valence-corrected chi connectivity index (χ1v) is 5.68. The SMILES string of the molecule is Cc1nc(Cl)ccc1NC(=O)c1ccccc1O. The molecule has 0 saturated carbocycles. The molecule has 0 atom stereocenters. The van der Waals surface area contributed by atoms with Crippen LogP contribution in [0.25, 0.3) is 0 Å². The van der Waals surface area contributed by atoms with Crippen LogP contribution in [0.2, 0.25) is 5.15 Å². The van der Waals surface area contributed by atoms with Crippen molar-refractivity contribution in [2.75, 3.05) is 5.32 Å². The van der Waals surface area contributed by atoms with Crippen molar-refractivity contribution in [3.63, 3.8) is 0 Å². The van der Waals surface area contributed by atoms with Crippen LogP contribution < -0.4 is 5.32 Å². The smallest absolute Gasteiger partial charge is 0.259 e. The molecule has 2 rings (SSSR count). The summed E-state index contributed by atoms with van der Waals surface area (Å²) >= 11 is 5.73. The summed E-state index contributed by atoms with van der Waals surface area (Å²) < 4.78 is 0. The highest BCUT2D eigenvalue weighted by Gasteiger charge is 2.11. The molecule has 0 fully saturated rings. The number of nitrogens with one attached hydrogen (secondary N) is 1. The number of halogens is 1. The van der Waals surface area contributed by atoms with E-state index in [1.54, 1.807) is 37.3 Å². The third kappa shape index (κ3) is 2.60. The van der Waals surface area contributed by atoms with E-state index in [0.29, 0.717) is 16.5 Å². The van der Waals surface area contributed by atoms with Crippen LogP contribution in [0.15, 0.2) is 36.4 Å². The highest BCUT2D eigenvalue weighted by Crippen LogP contribution is 2.20. The number of aromatic nitrogens is 1. The van der Waals surface area contributed by atoms with Crippen LogP contribution in [0.1, 0.15) is 16.1 Å². The molecule has 4 nitrogen and oxygen atoms in total. The monoisotopic (exact) mass is 262 g/mol. The van der Waals surface area contributed by atoms with Gasteiger partial charge in [-0.3, -0.25) is 4.79 Å². The number of amides is 1. The van der Waals surface area contributed by atoms with E-state index in [2.05, 4.69) is 10.3 Å². The number of phenols is 1. The maximum Gasteiger partial charge on any atom is 0.259 e. The summed E-state index contributed by atoms with van der Waals surface area (Å²) in [6, 6.07) is 9.60. The van der Waals surface area contributed by atoms with E-state index in [4.69, 9.17) is 11.6 Å². The lowest BCUT2D eigenvalue weighted by Crippen LogP contribution is -2.13. The molecule has 1 aromatic heterocycles. The second-order valence-corrected chi connectivity index (χ2v) is 4.13. The molecule has 2 N–H and O–H groups in total. The van der Waals surface area contributed by atoms with Gasteiger partial charge in [0.05, 0.1) is 16.9 Å². The fourth-order valence-electron chi connectivity index (χ4n) is 1.52. The molecule has 1 amide bonds. The van der Waals surface area contributed by atoms with Gasteiger partial charge in [-0.1, -0.05) is 23.7 Å². The Kier molecular flexibility index (Phi) is 3.48. The van der Waals surface area contributed by atoms with Gasteiger partial charge in [0.1, 0.15) is 10.9 Å². The lowest BCUT2D eigenvalue weighted by molar-refractivity contribution is 0.102. The van der Waals surface area contributed by atoms with Crippen LogP contribution in [0.4, 0.5) is 5.69 Å². The van der Waals surface area contributed by atoms with Crippen LogP contribution in [-0.4, -0.2) is 16.0 Å². The second-order valence-electron chi connectivity index (χ2n) is 3.74. The molecule has 0 radical (unpaired) electrons. The van der Waals surface area contributed by atoms with Crippen molar-refractivity contribution < 1.29 is 9.90 Å². The summed E-state index contributed by atoms with van der Waals surface area (Å²) in [6.45, 7) is 1.74. The number of aryl methyl sites for hydroxylation is 1. The molecule has 0 aliphatic rings. The van der Waals surface area contributed by atoms with Gasteiger partial charge in [0.25, 0.3) is 5.91 Å². The van der Waals surface area contributed by atoms with Gasteiger partial charge in [0.15, 0.2) is 0 Å². The lowest BCUT2D eigenvalue weighted by atomic mass is 10.2. The number of benzene rings is 1. The number of hydrogen-bond donors (Lipinski definition) is 2. The molecule has 0 bridgehead atoms. The van der Waals surface area contributed by atoms with Crippen LogP contribution >= 0.6 is 11.6 Å². The van der Waals surface area contributed by atoms with E-state index in [1.165, 1.54) is 6.07 Å². The molecular formula is C13H11ClN2O2. The minimum absolute atomic E-state index is 0.0606. The van der Waals surface area contributed by atoms with E-state index >= 15 is 0 Å². The van der Waals surface area contributed by atoms with Crippen LogP contribution in [0.3, 0.4) is 0 Å². The zero-order valence-electron chi connectivity index (χ0n) is 9.64. The van der Waals surface area contributed by atoms with E-state index < -0.39 is 0 Å². The standard InChI is InChI=1S/C13H11ClN2O2/c1-8-10(6-7-12(14)15-8)16-13(18)9-4-2-3-5-11(9)17/h2-7,17H,1H3,(H,16,18). The average Bonchev–Trinajstić information content (AvgIpc) is 2.33. The number of anilines is 1. The second kappa shape index (κ2) is 5.06. The van der Waals surface area contributed by atoms with Crippen molar-refractivity contribution in [2.45, 2.75) is 6.92 Å². The van der Waals surface area contributed by atoms with E-state index in [0.717, 1.165) is 0 Å². The summed E-state index contributed by atoms with van der Waals surface area (Å²) in [6.07, 6.45) is 0. The molecule has 0 spiro atoms. The van der Waals surface area contributed by atoms with Crippen molar-refractivity contribution in [1.82, 2.24) is 4.98 Å². The van der Waals surface area contributed by atoms with E-state index in [9.17, 15) is 9.90 Å². The number of nitrogens with zero attached hydrogens (tertiary/aromatic N) is 1. The lowest BCUT2D eigenvalue weighted by Gasteiger charge is -2.08. The number of rotatable bonds is 2. The third-order valence-corrected chi connectivity index (χ3v) is 2.66. The fraction of sp³-hybridized carbons (Fsp3) is 0.0769. The molecule has 5 heteroatoms. The quantitative estimate of drug-likeness (QED) is 0.818. The topological polar surface area (TPSA) is 62.2 Å². The Labute approximate surface area is 109 Å². The third-order valence-electron chi connectivity index (χ3n) is 2.45. The van der Waals surface area contributed by atoms with Gasteiger partial charge >= 0.3 is 0 Å². The Morgan fingerprint density at radius 1 is 1.28 bits per heavy atom. The Morgan fingerprint density at radius 3 is 2.67 bits per heavy atom. The number of aromatic hydroxyl groups is 1. The van der Waals surface area contributed by atoms with Crippen molar-refractivity contribution in [1.29, 1.82) is 0 Å². The average molecular weight is 263 g/mol. The molecule has 0 unspecified atom stereocenters. The van der Waals surface area contributed by atoms with E-state index in [-0.39, 0.29) is 17.2 Å². The highest BCUT2D eigenvalue weighted by atomic mass is 35.5. The van der Waals surface area contributed by atoms with Crippen LogP contribution in [-0.2, 0) is 0 Å².